The van der Waals surface area contributed by atoms with Crippen LogP contribution in [0.2, 0.25) is 0 Å². The van der Waals surface area contributed by atoms with Gasteiger partial charge in [-0.2, -0.15) is 0 Å². The van der Waals surface area contributed by atoms with E-state index >= 15 is 0 Å². The highest BCUT2D eigenvalue weighted by atomic mass is 16.4. The second kappa shape index (κ2) is 5.27. The summed E-state index contributed by atoms with van der Waals surface area (Å²) in [6, 6.07) is 4.22. The summed E-state index contributed by atoms with van der Waals surface area (Å²) in [5.41, 5.74) is 1.25. The number of hydrogen-bond acceptors (Lipinski definition) is 3. The van der Waals surface area contributed by atoms with Gasteiger partial charge in [-0.25, -0.2) is 0 Å². The van der Waals surface area contributed by atoms with Gasteiger partial charge in [-0.15, -0.1) is 0 Å². The van der Waals surface area contributed by atoms with Crippen molar-refractivity contribution in [2.75, 3.05) is 13.6 Å². The lowest BCUT2D eigenvalue weighted by atomic mass is 9.78. The van der Waals surface area contributed by atoms with Crippen molar-refractivity contribution in [3.05, 3.63) is 30.1 Å². The zero-order valence-electron chi connectivity index (χ0n) is 10.0. The fraction of sp³-hybridized carbons (Fsp3) is 0.538. The molecule has 92 valence electrons. The van der Waals surface area contributed by atoms with Gasteiger partial charge in [0.05, 0.1) is 5.92 Å². The van der Waals surface area contributed by atoms with E-state index in [-0.39, 0.29) is 12.0 Å². The van der Waals surface area contributed by atoms with E-state index in [9.17, 15) is 4.79 Å². The van der Waals surface area contributed by atoms with Crippen molar-refractivity contribution in [1.82, 2.24) is 9.88 Å². The largest absolute Gasteiger partial charge is 0.481 e. The van der Waals surface area contributed by atoms with Gasteiger partial charge >= 0.3 is 5.97 Å². The summed E-state index contributed by atoms with van der Waals surface area (Å²) in [5, 5.41) is 9.00. The zero-order chi connectivity index (χ0) is 12.3. The molecule has 0 bridgehead atoms. The molecule has 0 radical (unpaired) electrons. The Labute approximate surface area is 101 Å². The molecule has 1 heterocycles. The molecule has 0 aliphatic heterocycles. The molecule has 0 aromatic carbocycles. The quantitative estimate of drug-likeness (QED) is 0.837. The van der Waals surface area contributed by atoms with Crippen molar-refractivity contribution >= 4 is 5.97 Å². The van der Waals surface area contributed by atoms with Crippen LogP contribution < -0.4 is 0 Å². The lowest BCUT2D eigenvalue weighted by Gasteiger charge is -2.40. The first-order valence-corrected chi connectivity index (χ1v) is 6.00. The van der Waals surface area contributed by atoms with Crippen LogP contribution in [0, 0.1) is 5.92 Å². The highest BCUT2D eigenvalue weighted by Crippen LogP contribution is 2.31. The van der Waals surface area contributed by atoms with Gasteiger partial charge in [0, 0.05) is 25.0 Å². The molecule has 0 spiro atoms. The molecule has 1 aliphatic carbocycles. The summed E-state index contributed by atoms with van der Waals surface area (Å²) in [6.45, 7) is 0.901. The van der Waals surface area contributed by atoms with Crippen molar-refractivity contribution in [2.24, 2.45) is 5.92 Å². The maximum atomic E-state index is 10.9. The van der Waals surface area contributed by atoms with E-state index in [0.717, 1.165) is 25.8 Å². The monoisotopic (exact) mass is 234 g/mol. The maximum Gasteiger partial charge on any atom is 0.308 e. The summed E-state index contributed by atoms with van der Waals surface area (Å²) in [7, 11) is 2.01. The minimum atomic E-state index is -0.656. The van der Waals surface area contributed by atoms with Gasteiger partial charge in [0.1, 0.15) is 0 Å². The smallest absolute Gasteiger partial charge is 0.308 e. The first-order chi connectivity index (χ1) is 8.18. The van der Waals surface area contributed by atoms with Crippen LogP contribution in [0.3, 0.4) is 0 Å². The third-order valence-electron chi connectivity index (χ3n) is 3.62. The van der Waals surface area contributed by atoms with Crippen LogP contribution in [0.25, 0.3) is 0 Å². The normalized spacial score (nSPS) is 23.4. The van der Waals surface area contributed by atoms with E-state index in [2.05, 4.69) is 9.88 Å². The number of aliphatic carboxylic acids is 1. The van der Waals surface area contributed by atoms with Gasteiger partial charge in [-0.3, -0.25) is 9.78 Å². The standard InChI is InChI=1S/C13H18N2O2/c1-15(12-3-2-11(12)13(16)17)9-6-10-4-7-14-8-5-10/h4-5,7-8,11-12H,2-3,6,9H2,1H3,(H,16,17). The number of aromatic nitrogens is 1. The predicted molar refractivity (Wildman–Crippen MR) is 64.7 cm³/mol. The fourth-order valence-electron chi connectivity index (χ4n) is 2.32. The molecular weight excluding hydrogens is 216 g/mol. The van der Waals surface area contributed by atoms with Gasteiger partial charge < -0.3 is 10.0 Å². The third kappa shape index (κ3) is 2.82. The highest BCUT2D eigenvalue weighted by Gasteiger charge is 2.38. The van der Waals surface area contributed by atoms with E-state index in [4.69, 9.17) is 5.11 Å². The Morgan fingerprint density at radius 2 is 2.18 bits per heavy atom. The summed E-state index contributed by atoms with van der Waals surface area (Å²) in [6.07, 6.45) is 6.35. The Bertz CT molecular complexity index is 380. The molecule has 17 heavy (non-hydrogen) atoms. The fourth-order valence-corrected chi connectivity index (χ4v) is 2.32. The molecule has 2 rings (SSSR count). The predicted octanol–water partition coefficient (Wildman–Crippen LogP) is 1.42. The SMILES string of the molecule is CN(CCc1ccncc1)C1CCC1C(=O)O. The molecule has 1 aromatic heterocycles. The van der Waals surface area contributed by atoms with Crippen LogP contribution in [0.15, 0.2) is 24.5 Å². The average molecular weight is 234 g/mol. The molecule has 1 fully saturated rings. The number of hydrogen-bond donors (Lipinski definition) is 1. The molecule has 0 saturated heterocycles. The maximum absolute atomic E-state index is 10.9. The van der Waals surface area contributed by atoms with E-state index in [1.165, 1.54) is 5.56 Å². The molecule has 1 aromatic rings. The summed E-state index contributed by atoms with van der Waals surface area (Å²) >= 11 is 0. The zero-order valence-corrected chi connectivity index (χ0v) is 10.0. The first kappa shape index (κ1) is 12.0. The van der Waals surface area contributed by atoms with Crippen LogP contribution >= 0.6 is 0 Å². The average Bonchev–Trinajstić information content (AvgIpc) is 2.25. The number of carboxylic acid groups (broad SMARTS) is 1. The van der Waals surface area contributed by atoms with Crippen LogP contribution in [0.5, 0.6) is 0 Å². The number of likely N-dealkylation sites (N-methyl/N-ethyl adjacent to an activating group) is 1. The Kier molecular flexibility index (Phi) is 3.74. The van der Waals surface area contributed by atoms with Crippen LogP contribution in [-0.4, -0.2) is 40.6 Å². The Morgan fingerprint density at radius 3 is 2.71 bits per heavy atom. The lowest BCUT2D eigenvalue weighted by Crippen LogP contribution is -2.49. The number of nitrogens with zero attached hydrogens (tertiary/aromatic N) is 2. The van der Waals surface area contributed by atoms with E-state index in [1.54, 1.807) is 12.4 Å². The molecule has 1 aliphatic rings. The van der Waals surface area contributed by atoms with E-state index < -0.39 is 5.97 Å². The number of rotatable bonds is 5. The number of carbonyl (C=O) groups is 1. The van der Waals surface area contributed by atoms with Gasteiger partial charge in [0.15, 0.2) is 0 Å². The van der Waals surface area contributed by atoms with Gasteiger partial charge in [-0.05, 0) is 44.0 Å². The Morgan fingerprint density at radius 1 is 1.47 bits per heavy atom. The topological polar surface area (TPSA) is 53.4 Å². The van der Waals surface area contributed by atoms with Crippen molar-refractivity contribution in [2.45, 2.75) is 25.3 Å². The third-order valence-corrected chi connectivity index (χ3v) is 3.62. The first-order valence-electron chi connectivity index (χ1n) is 6.00. The Balaban J connectivity index is 1.82. The molecule has 4 nitrogen and oxygen atoms in total. The van der Waals surface area contributed by atoms with Crippen LogP contribution in [0.4, 0.5) is 0 Å². The van der Waals surface area contributed by atoms with Crippen molar-refractivity contribution in [3.63, 3.8) is 0 Å². The summed E-state index contributed by atoms with van der Waals surface area (Å²) in [4.78, 5) is 17.1. The lowest BCUT2D eigenvalue weighted by molar-refractivity contribution is -0.148. The van der Waals surface area contributed by atoms with Crippen molar-refractivity contribution in [3.8, 4) is 0 Å². The van der Waals surface area contributed by atoms with Crippen LogP contribution in [-0.2, 0) is 11.2 Å². The molecular formula is C13H18N2O2. The van der Waals surface area contributed by atoms with Crippen molar-refractivity contribution < 1.29 is 9.90 Å². The molecule has 1 saturated carbocycles. The minimum Gasteiger partial charge on any atom is -0.481 e. The molecule has 2 unspecified atom stereocenters. The van der Waals surface area contributed by atoms with Crippen molar-refractivity contribution in [1.29, 1.82) is 0 Å². The van der Waals surface area contributed by atoms with Crippen LogP contribution in [0.1, 0.15) is 18.4 Å². The van der Waals surface area contributed by atoms with Gasteiger partial charge in [0.25, 0.3) is 0 Å². The summed E-state index contributed by atoms with van der Waals surface area (Å²) < 4.78 is 0. The van der Waals surface area contributed by atoms with E-state index in [1.807, 2.05) is 19.2 Å². The second-order valence-corrected chi connectivity index (χ2v) is 4.68. The second-order valence-electron chi connectivity index (χ2n) is 4.68. The number of pyridine rings is 1. The molecule has 2 atom stereocenters. The van der Waals surface area contributed by atoms with Gasteiger partial charge in [0.2, 0.25) is 0 Å². The number of carboxylic acids is 1. The summed E-state index contributed by atoms with van der Waals surface area (Å²) in [5.74, 6) is -0.825. The minimum absolute atomic E-state index is 0.169. The molecule has 0 amide bonds. The van der Waals surface area contributed by atoms with Gasteiger partial charge in [-0.1, -0.05) is 0 Å². The van der Waals surface area contributed by atoms with E-state index in [0.29, 0.717) is 0 Å². The molecule has 1 N–H and O–H groups in total. The highest BCUT2D eigenvalue weighted by molar-refractivity contribution is 5.72. The Hall–Kier alpha value is -1.42. The molecule has 4 heteroatoms.